The first-order valence-corrected chi connectivity index (χ1v) is 6.15. The van der Waals surface area contributed by atoms with E-state index in [1.807, 2.05) is 0 Å². The Morgan fingerprint density at radius 2 is 2.32 bits per heavy atom. The van der Waals surface area contributed by atoms with E-state index in [2.05, 4.69) is 20.9 Å². The van der Waals surface area contributed by atoms with Crippen LogP contribution in [-0.2, 0) is 4.74 Å². The van der Waals surface area contributed by atoms with Crippen molar-refractivity contribution in [2.45, 2.75) is 6.92 Å². The molecule has 0 spiro atoms. The molecule has 0 atom stereocenters. The molecule has 2 aromatic rings. The molecule has 0 aliphatic heterocycles. The van der Waals surface area contributed by atoms with Crippen molar-refractivity contribution >= 4 is 21.9 Å². The fraction of sp³-hybridized carbons (Fsp3) is 0.167. The number of benzene rings is 1. The Morgan fingerprint density at radius 3 is 3.00 bits per heavy atom. The topological polar surface area (TPSA) is 61.6 Å². The number of oxazole rings is 1. The summed E-state index contributed by atoms with van der Waals surface area (Å²) >= 11 is 3.03. The number of hydrogen-bond donors (Lipinski definition) is 0. The maximum atomic E-state index is 13.0. The molecule has 1 aromatic carbocycles. The Balaban J connectivity index is 2.11. The fourth-order valence-corrected chi connectivity index (χ4v) is 1.60. The zero-order chi connectivity index (χ0) is 13.8. The van der Waals surface area contributed by atoms with Gasteiger partial charge in [0, 0.05) is 0 Å². The molecule has 5 nitrogen and oxygen atoms in total. The lowest BCUT2D eigenvalue weighted by molar-refractivity contribution is 0.0519. The molecule has 0 radical (unpaired) electrons. The van der Waals surface area contributed by atoms with Crippen LogP contribution in [0.15, 0.2) is 33.4 Å². The second kappa shape index (κ2) is 5.83. The summed E-state index contributed by atoms with van der Waals surface area (Å²) in [5.41, 5.74) is 0.0121. The van der Waals surface area contributed by atoms with Crippen LogP contribution in [0.5, 0.6) is 11.8 Å². The van der Waals surface area contributed by atoms with Crippen molar-refractivity contribution in [1.82, 2.24) is 4.98 Å². The van der Waals surface area contributed by atoms with Gasteiger partial charge in [0.1, 0.15) is 17.8 Å². The van der Waals surface area contributed by atoms with Crippen LogP contribution in [0, 0.1) is 5.82 Å². The minimum Gasteiger partial charge on any atom is -0.461 e. The van der Waals surface area contributed by atoms with Gasteiger partial charge in [0.25, 0.3) is 0 Å². The first kappa shape index (κ1) is 13.5. The Labute approximate surface area is 116 Å². The molecule has 0 aliphatic rings. The van der Waals surface area contributed by atoms with Gasteiger partial charge in [-0.2, -0.15) is 4.98 Å². The predicted molar refractivity (Wildman–Crippen MR) is 66.6 cm³/mol. The van der Waals surface area contributed by atoms with Gasteiger partial charge < -0.3 is 13.9 Å². The number of aromatic nitrogens is 1. The van der Waals surface area contributed by atoms with E-state index >= 15 is 0 Å². The summed E-state index contributed by atoms with van der Waals surface area (Å²) in [5.74, 6) is -0.682. The number of nitrogens with zero attached hydrogens (tertiary/aromatic N) is 1. The van der Waals surface area contributed by atoms with Crippen LogP contribution in [0.3, 0.4) is 0 Å². The fourth-order valence-electron chi connectivity index (χ4n) is 1.24. The maximum absolute atomic E-state index is 13.0. The molecule has 0 bridgehead atoms. The Hall–Kier alpha value is -1.89. The van der Waals surface area contributed by atoms with E-state index in [1.165, 1.54) is 18.2 Å². The Kier molecular flexibility index (Phi) is 4.16. The molecule has 0 saturated carbocycles. The van der Waals surface area contributed by atoms with Gasteiger partial charge in [-0.3, -0.25) is 0 Å². The molecule has 0 fully saturated rings. The first-order valence-electron chi connectivity index (χ1n) is 5.35. The number of rotatable bonds is 4. The normalized spacial score (nSPS) is 10.3. The SMILES string of the molecule is CCOC(=O)c1coc(Oc2ccc(F)c(Br)c2)n1. The molecule has 2 rings (SSSR count). The molecule has 1 heterocycles. The number of hydrogen-bond acceptors (Lipinski definition) is 5. The molecule has 0 N–H and O–H groups in total. The predicted octanol–water partition coefficient (Wildman–Crippen LogP) is 3.55. The van der Waals surface area contributed by atoms with Crippen LogP contribution < -0.4 is 4.74 Å². The average molecular weight is 330 g/mol. The summed E-state index contributed by atoms with van der Waals surface area (Å²) in [6.45, 7) is 1.93. The van der Waals surface area contributed by atoms with Crippen molar-refractivity contribution in [1.29, 1.82) is 0 Å². The third kappa shape index (κ3) is 3.31. The van der Waals surface area contributed by atoms with Gasteiger partial charge >= 0.3 is 12.0 Å². The van der Waals surface area contributed by atoms with Gasteiger partial charge in [-0.05, 0) is 41.1 Å². The van der Waals surface area contributed by atoms with Gasteiger partial charge in [0.05, 0.1) is 11.1 Å². The van der Waals surface area contributed by atoms with Crippen LogP contribution in [-0.4, -0.2) is 17.6 Å². The molecule has 0 unspecified atom stereocenters. The molecule has 0 saturated heterocycles. The highest BCUT2D eigenvalue weighted by Crippen LogP contribution is 2.26. The van der Waals surface area contributed by atoms with Crippen LogP contribution in [0.1, 0.15) is 17.4 Å². The summed E-state index contributed by atoms with van der Waals surface area (Å²) < 4.78 is 28.2. The van der Waals surface area contributed by atoms with E-state index in [0.717, 1.165) is 6.26 Å². The van der Waals surface area contributed by atoms with Gasteiger partial charge in [0.2, 0.25) is 0 Å². The van der Waals surface area contributed by atoms with Crippen molar-refractivity contribution in [3.63, 3.8) is 0 Å². The molecular weight excluding hydrogens is 321 g/mol. The largest absolute Gasteiger partial charge is 0.461 e. The van der Waals surface area contributed by atoms with Crippen LogP contribution in [0.2, 0.25) is 0 Å². The van der Waals surface area contributed by atoms with Gasteiger partial charge in [0.15, 0.2) is 5.69 Å². The van der Waals surface area contributed by atoms with Gasteiger partial charge in [-0.15, -0.1) is 0 Å². The third-order valence-electron chi connectivity index (χ3n) is 2.06. The van der Waals surface area contributed by atoms with Crippen molar-refractivity contribution in [3.05, 3.63) is 40.4 Å². The highest BCUT2D eigenvalue weighted by atomic mass is 79.9. The minimum absolute atomic E-state index is 0.0121. The zero-order valence-electron chi connectivity index (χ0n) is 9.85. The van der Waals surface area contributed by atoms with Crippen molar-refractivity contribution < 1.29 is 23.1 Å². The van der Waals surface area contributed by atoms with Crippen molar-refractivity contribution in [2.75, 3.05) is 6.61 Å². The van der Waals surface area contributed by atoms with E-state index in [1.54, 1.807) is 6.92 Å². The Morgan fingerprint density at radius 1 is 1.53 bits per heavy atom. The van der Waals surface area contributed by atoms with Gasteiger partial charge in [-0.25, -0.2) is 9.18 Å². The highest BCUT2D eigenvalue weighted by Gasteiger charge is 2.14. The number of carbonyl (C=O) groups excluding carboxylic acids is 1. The van der Waals surface area contributed by atoms with E-state index in [9.17, 15) is 9.18 Å². The third-order valence-corrected chi connectivity index (χ3v) is 2.67. The maximum Gasteiger partial charge on any atom is 0.399 e. The number of esters is 1. The lowest BCUT2D eigenvalue weighted by Crippen LogP contribution is -2.04. The van der Waals surface area contributed by atoms with E-state index in [0.29, 0.717) is 5.75 Å². The lowest BCUT2D eigenvalue weighted by Gasteiger charge is -2.01. The van der Waals surface area contributed by atoms with Crippen molar-refractivity contribution in [2.24, 2.45) is 0 Å². The summed E-state index contributed by atoms with van der Waals surface area (Å²) in [5, 5.41) is 0. The second-order valence-corrected chi connectivity index (χ2v) is 4.25. The van der Waals surface area contributed by atoms with E-state index in [-0.39, 0.29) is 22.9 Å². The monoisotopic (exact) mass is 329 g/mol. The first-order chi connectivity index (χ1) is 9.10. The molecule has 7 heteroatoms. The summed E-state index contributed by atoms with van der Waals surface area (Å²) in [6.07, 6.45) is 1.01. The highest BCUT2D eigenvalue weighted by molar-refractivity contribution is 9.10. The van der Waals surface area contributed by atoms with Crippen LogP contribution in [0.25, 0.3) is 0 Å². The van der Waals surface area contributed by atoms with Crippen molar-refractivity contribution in [3.8, 4) is 11.8 Å². The van der Waals surface area contributed by atoms with E-state index in [4.69, 9.17) is 13.9 Å². The smallest absolute Gasteiger partial charge is 0.399 e. The molecule has 100 valence electrons. The molecular formula is C12H9BrFNO4. The number of halogens is 2. The van der Waals surface area contributed by atoms with E-state index < -0.39 is 11.8 Å². The zero-order valence-corrected chi connectivity index (χ0v) is 11.4. The minimum atomic E-state index is -0.596. The average Bonchev–Trinajstić information content (AvgIpc) is 2.83. The standard InChI is InChI=1S/C12H9BrFNO4/c1-2-17-11(16)10-6-18-12(15-10)19-7-3-4-9(14)8(13)5-7/h3-6H,2H2,1H3. The molecule has 1 aromatic heterocycles. The molecule has 0 amide bonds. The quantitative estimate of drug-likeness (QED) is 0.803. The summed E-state index contributed by atoms with van der Waals surface area (Å²) in [4.78, 5) is 15.2. The van der Waals surface area contributed by atoms with Gasteiger partial charge in [-0.1, -0.05) is 0 Å². The molecule has 0 aliphatic carbocycles. The Bertz CT molecular complexity index is 599. The second-order valence-electron chi connectivity index (χ2n) is 3.40. The summed E-state index contributed by atoms with van der Waals surface area (Å²) in [6, 6.07) is 4.06. The molecule has 19 heavy (non-hydrogen) atoms. The van der Waals surface area contributed by atoms with Crippen LogP contribution >= 0.6 is 15.9 Å². The number of carbonyl (C=O) groups is 1. The lowest BCUT2D eigenvalue weighted by atomic mass is 10.3. The summed E-state index contributed by atoms with van der Waals surface area (Å²) in [7, 11) is 0. The number of ether oxygens (including phenoxy) is 2. The van der Waals surface area contributed by atoms with Crippen LogP contribution in [0.4, 0.5) is 4.39 Å².